The molecule has 1 fully saturated rings. The summed E-state index contributed by atoms with van der Waals surface area (Å²) in [5.41, 5.74) is 4.54. The van der Waals surface area contributed by atoms with Crippen LogP contribution < -0.4 is 10.6 Å². The molecule has 3 atom stereocenters. The van der Waals surface area contributed by atoms with Gasteiger partial charge in [-0.15, -0.1) is 0 Å². The minimum atomic E-state index is -0.881. The number of carbonyl (C=O) groups excluding carboxylic acids is 2. The number of rotatable bonds is 8. The van der Waals surface area contributed by atoms with Crippen LogP contribution in [0.15, 0.2) is 48.5 Å². The molecule has 4 rings (SSSR count). The molecule has 0 aliphatic heterocycles. The lowest BCUT2D eigenvalue weighted by molar-refractivity contribution is -0.143. The summed E-state index contributed by atoms with van der Waals surface area (Å²) in [7, 11) is 0. The van der Waals surface area contributed by atoms with Gasteiger partial charge in [0.05, 0.1) is 5.92 Å². The van der Waals surface area contributed by atoms with Crippen molar-refractivity contribution in [3.05, 3.63) is 59.7 Å². The largest absolute Gasteiger partial charge is 0.481 e. The minimum absolute atomic E-state index is 0.0612. The van der Waals surface area contributed by atoms with E-state index in [1.54, 1.807) is 0 Å². The Hall–Kier alpha value is -3.35. The van der Waals surface area contributed by atoms with Gasteiger partial charge in [0.2, 0.25) is 5.91 Å². The molecule has 186 valence electrons. The fourth-order valence-electron chi connectivity index (χ4n) is 5.40. The highest BCUT2D eigenvalue weighted by Crippen LogP contribution is 2.44. The van der Waals surface area contributed by atoms with Gasteiger partial charge in [0.15, 0.2) is 0 Å². The summed E-state index contributed by atoms with van der Waals surface area (Å²) in [6, 6.07) is 15.0. The second-order valence-corrected chi connectivity index (χ2v) is 9.51. The van der Waals surface area contributed by atoms with E-state index in [0.29, 0.717) is 25.7 Å². The number of fused-ring (bicyclic) bond motifs is 3. The number of nitrogens with one attached hydrogen (secondary N) is 2. The van der Waals surface area contributed by atoms with Crippen molar-refractivity contribution >= 4 is 18.0 Å². The average Bonchev–Trinajstić information content (AvgIpc) is 2.98. The number of carbonyl (C=O) groups is 3. The van der Waals surface area contributed by atoms with Gasteiger partial charge in [0.25, 0.3) is 0 Å². The third-order valence-corrected chi connectivity index (χ3v) is 7.19. The molecule has 35 heavy (non-hydrogen) atoms. The number of benzene rings is 2. The second-order valence-electron chi connectivity index (χ2n) is 9.51. The summed E-state index contributed by atoms with van der Waals surface area (Å²) in [4.78, 5) is 37.5. The van der Waals surface area contributed by atoms with Crippen LogP contribution in [-0.4, -0.2) is 41.8 Å². The van der Waals surface area contributed by atoms with Crippen LogP contribution in [0.1, 0.15) is 68.9 Å². The summed E-state index contributed by atoms with van der Waals surface area (Å²) in [6.07, 6.45) is 4.37. The molecule has 2 aromatic carbocycles. The lowest BCUT2D eigenvalue weighted by Crippen LogP contribution is -2.52. The first-order valence-corrected chi connectivity index (χ1v) is 12.6. The van der Waals surface area contributed by atoms with Crippen molar-refractivity contribution in [2.45, 2.75) is 69.9 Å². The number of amides is 2. The predicted molar refractivity (Wildman–Crippen MR) is 133 cm³/mol. The van der Waals surface area contributed by atoms with Crippen LogP contribution in [0.4, 0.5) is 4.79 Å². The standard InChI is InChI=1S/C28H34N2O5/c1-2-10-25(26(31)29-24-16-5-3-4-15-22(24)27(32)33)30-28(34)35-17-23-20-13-8-6-11-18(20)19-12-7-9-14-21(19)23/h6-9,11-14,22-25H,2-5,10,15-17H2,1H3,(H,29,31)(H,30,34)(H,32,33)/t22-,24+,25-/m0/s1. The summed E-state index contributed by atoms with van der Waals surface area (Å²) in [5.74, 6) is -1.89. The van der Waals surface area contributed by atoms with E-state index in [4.69, 9.17) is 4.74 Å². The smallest absolute Gasteiger partial charge is 0.407 e. The number of alkyl carbamates (subject to hydrolysis) is 1. The van der Waals surface area contributed by atoms with Crippen molar-refractivity contribution in [2.75, 3.05) is 6.61 Å². The average molecular weight is 479 g/mol. The van der Waals surface area contributed by atoms with Gasteiger partial charge in [-0.1, -0.05) is 81.1 Å². The molecule has 7 heteroatoms. The summed E-state index contributed by atoms with van der Waals surface area (Å²) in [6.45, 7) is 2.11. The first-order chi connectivity index (χ1) is 17.0. The first kappa shape index (κ1) is 24.8. The molecule has 0 radical (unpaired) electrons. The van der Waals surface area contributed by atoms with E-state index in [1.807, 2.05) is 31.2 Å². The van der Waals surface area contributed by atoms with Gasteiger partial charge >= 0.3 is 12.1 Å². The molecule has 0 spiro atoms. The quantitative estimate of drug-likeness (QED) is 0.471. The molecule has 2 aliphatic rings. The third-order valence-electron chi connectivity index (χ3n) is 7.19. The summed E-state index contributed by atoms with van der Waals surface area (Å²) >= 11 is 0. The Morgan fingerprint density at radius 2 is 1.60 bits per heavy atom. The van der Waals surface area contributed by atoms with Crippen LogP contribution >= 0.6 is 0 Å². The molecule has 0 saturated heterocycles. The molecule has 2 amide bonds. The van der Waals surface area contributed by atoms with Crippen molar-refractivity contribution in [3.8, 4) is 11.1 Å². The number of hydrogen-bond acceptors (Lipinski definition) is 4. The Morgan fingerprint density at radius 3 is 2.23 bits per heavy atom. The van der Waals surface area contributed by atoms with Gasteiger partial charge in [0.1, 0.15) is 12.6 Å². The van der Waals surface area contributed by atoms with Crippen molar-refractivity contribution in [1.29, 1.82) is 0 Å². The highest BCUT2D eigenvalue weighted by molar-refractivity contribution is 5.86. The molecule has 0 heterocycles. The van der Waals surface area contributed by atoms with Crippen LogP contribution in [-0.2, 0) is 14.3 Å². The number of aliphatic carboxylic acids is 1. The molecule has 0 aromatic heterocycles. The van der Waals surface area contributed by atoms with Gasteiger partial charge < -0.3 is 20.5 Å². The maximum atomic E-state index is 13.0. The molecule has 7 nitrogen and oxygen atoms in total. The highest BCUT2D eigenvalue weighted by Gasteiger charge is 2.33. The van der Waals surface area contributed by atoms with Crippen LogP contribution in [0.2, 0.25) is 0 Å². The normalized spacial score (nSPS) is 20.1. The Kier molecular flexibility index (Phi) is 8.06. The fraction of sp³-hybridized carbons (Fsp3) is 0.464. The maximum absolute atomic E-state index is 13.0. The Labute approximate surface area is 206 Å². The van der Waals surface area contributed by atoms with Gasteiger partial charge in [-0.2, -0.15) is 0 Å². The SMILES string of the molecule is CCC[C@H](NC(=O)OCC1c2ccccc2-c2ccccc21)C(=O)N[C@@H]1CCCCC[C@@H]1C(=O)O. The zero-order chi connectivity index (χ0) is 24.8. The van der Waals surface area contributed by atoms with Gasteiger partial charge in [0, 0.05) is 12.0 Å². The molecule has 3 N–H and O–H groups in total. The van der Waals surface area contributed by atoms with E-state index in [1.165, 1.54) is 0 Å². The number of carboxylic acids is 1. The Morgan fingerprint density at radius 1 is 0.971 bits per heavy atom. The lowest BCUT2D eigenvalue weighted by Gasteiger charge is -2.26. The molecular weight excluding hydrogens is 444 g/mol. The second kappa shape index (κ2) is 11.4. The highest BCUT2D eigenvalue weighted by atomic mass is 16.5. The van der Waals surface area contributed by atoms with Crippen LogP contribution in [0.5, 0.6) is 0 Å². The molecule has 0 unspecified atom stereocenters. The molecule has 0 bridgehead atoms. The Balaban J connectivity index is 1.38. The molecule has 2 aromatic rings. The van der Waals surface area contributed by atoms with Crippen LogP contribution in [0.3, 0.4) is 0 Å². The van der Waals surface area contributed by atoms with E-state index in [0.717, 1.165) is 41.5 Å². The minimum Gasteiger partial charge on any atom is -0.481 e. The summed E-state index contributed by atoms with van der Waals surface area (Å²) < 4.78 is 5.61. The zero-order valence-corrected chi connectivity index (χ0v) is 20.2. The number of hydrogen-bond donors (Lipinski definition) is 3. The monoisotopic (exact) mass is 478 g/mol. The van der Waals surface area contributed by atoms with Crippen molar-refractivity contribution in [1.82, 2.24) is 10.6 Å². The van der Waals surface area contributed by atoms with E-state index in [9.17, 15) is 19.5 Å². The first-order valence-electron chi connectivity index (χ1n) is 12.6. The van der Waals surface area contributed by atoms with Crippen molar-refractivity contribution in [2.24, 2.45) is 5.92 Å². The lowest BCUT2D eigenvalue weighted by atomic mass is 9.94. The topological polar surface area (TPSA) is 105 Å². The van der Waals surface area contributed by atoms with Gasteiger partial charge in [-0.3, -0.25) is 9.59 Å². The Bertz CT molecular complexity index is 1020. The molecular formula is C28H34N2O5. The van der Waals surface area contributed by atoms with E-state index >= 15 is 0 Å². The summed E-state index contributed by atoms with van der Waals surface area (Å²) in [5, 5.41) is 15.2. The van der Waals surface area contributed by atoms with E-state index < -0.39 is 30.1 Å². The number of ether oxygens (including phenoxy) is 1. The third kappa shape index (κ3) is 5.66. The zero-order valence-electron chi connectivity index (χ0n) is 20.2. The van der Waals surface area contributed by atoms with Crippen LogP contribution in [0, 0.1) is 5.92 Å². The predicted octanol–water partition coefficient (Wildman–Crippen LogP) is 4.84. The maximum Gasteiger partial charge on any atom is 0.407 e. The molecule has 2 aliphatic carbocycles. The molecule has 1 saturated carbocycles. The fourth-order valence-corrected chi connectivity index (χ4v) is 5.40. The van der Waals surface area contributed by atoms with Crippen LogP contribution in [0.25, 0.3) is 11.1 Å². The van der Waals surface area contributed by atoms with Gasteiger partial charge in [-0.25, -0.2) is 4.79 Å². The number of carboxylic acid groups (broad SMARTS) is 1. The van der Waals surface area contributed by atoms with E-state index in [2.05, 4.69) is 34.9 Å². The van der Waals surface area contributed by atoms with Crippen molar-refractivity contribution < 1.29 is 24.2 Å². The van der Waals surface area contributed by atoms with E-state index in [-0.39, 0.29) is 18.4 Å². The van der Waals surface area contributed by atoms with Gasteiger partial charge in [-0.05, 0) is 41.5 Å². The van der Waals surface area contributed by atoms with Crippen molar-refractivity contribution in [3.63, 3.8) is 0 Å².